The number of nitrogens with one attached hydrogen (secondary N) is 1. The molecular weight excluding hydrogens is 406 g/mol. The number of anilines is 2. The second kappa shape index (κ2) is 10.7. The maximum Gasteiger partial charge on any atom is 0.256 e. The summed E-state index contributed by atoms with van der Waals surface area (Å²) >= 11 is 1.44. The lowest BCUT2D eigenvalue weighted by Crippen LogP contribution is -2.39. The van der Waals surface area contributed by atoms with Gasteiger partial charge in [-0.2, -0.15) is 0 Å². The van der Waals surface area contributed by atoms with Gasteiger partial charge in [0.15, 0.2) is 0 Å². The summed E-state index contributed by atoms with van der Waals surface area (Å²) in [4.78, 5) is 30.5. The number of carbonyl (C=O) groups excluding carboxylic acids is 2. The molecule has 0 heterocycles. The third-order valence-corrected chi connectivity index (χ3v) is 6.99. The fraction of sp³-hybridized carbons (Fsp3) is 0.440. The number of hydrogen-bond acceptors (Lipinski definition) is 4. The fourth-order valence-corrected chi connectivity index (χ4v) is 5.10. The zero-order valence-corrected chi connectivity index (χ0v) is 19.8. The smallest absolute Gasteiger partial charge is 0.256 e. The summed E-state index contributed by atoms with van der Waals surface area (Å²) in [6.45, 7) is 2.03. The Kier molecular flexibility index (Phi) is 8.02. The van der Waals surface area contributed by atoms with Crippen molar-refractivity contribution in [3.8, 4) is 0 Å². The molecule has 166 valence electrons. The average Bonchev–Trinajstić information content (AvgIpc) is 2.77. The first-order valence-electron chi connectivity index (χ1n) is 10.9. The van der Waals surface area contributed by atoms with Crippen molar-refractivity contribution in [3.63, 3.8) is 0 Å². The van der Waals surface area contributed by atoms with Gasteiger partial charge in [-0.1, -0.05) is 31.4 Å². The molecule has 1 fully saturated rings. The third-order valence-electron chi connectivity index (χ3n) is 5.94. The summed E-state index contributed by atoms with van der Waals surface area (Å²) in [6.07, 6.45) is 5.86. The van der Waals surface area contributed by atoms with Gasteiger partial charge in [0.1, 0.15) is 0 Å². The van der Waals surface area contributed by atoms with Crippen LogP contribution in [0.15, 0.2) is 47.4 Å². The number of carbonyl (C=O) groups is 2. The van der Waals surface area contributed by atoms with E-state index in [0.717, 1.165) is 34.7 Å². The van der Waals surface area contributed by atoms with Crippen LogP contribution in [0.5, 0.6) is 0 Å². The number of thioether (sulfide) groups is 1. The highest BCUT2D eigenvalue weighted by Gasteiger charge is 2.22. The van der Waals surface area contributed by atoms with Gasteiger partial charge < -0.3 is 15.1 Å². The standard InChI is InChI=1S/C25H33N3O2S/c1-18-16-19(14-15-22(18)27(2)3)26-25(30)21-12-8-9-13-23(21)31-17-24(29)28(4)20-10-6-5-7-11-20/h8-9,12-16,20H,5-7,10-11,17H2,1-4H3,(H,26,30). The monoisotopic (exact) mass is 439 g/mol. The summed E-state index contributed by atoms with van der Waals surface area (Å²) in [5.41, 5.74) is 3.58. The molecule has 0 aromatic heterocycles. The van der Waals surface area contributed by atoms with Crippen LogP contribution in [-0.4, -0.2) is 49.7 Å². The fourth-order valence-electron chi connectivity index (χ4n) is 4.13. The van der Waals surface area contributed by atoms with Crippen molar-refractivity contribution in [3.05, 3.63) is 53.6 Å². The maximum atomic E-state index is 13.0. The number of nitrogens with zero attached hydrogens (tertiary/aromatic N) is 2. The molecule has 0 spiro atoms. The molecule has 2 aromatic rings. The first-order valence-corrected chi connectivity index (χ1v) is 11.9. The molecule has 0 bridgehead atoms. The van der Waals surface area contributed by atoms with E-state index in [0.29, 0.717) is 17.4 Å². The topological polar surface area (TPSA) is 52.7 Å². The zero-order valence-electron chi connectivity index (χ0n) is 19.0. The Labute approximate surface area is 190 Å². The minimum absolute atomic E-state index is 0.127. The van der Waals surface area contributed by atoms with E-state index in [1.807, 2.05) is 80.3 Å². The van der Waals surface area contributed by atoms with Gasteiger partial charge in [-0.25, -0.2) is 0 Å². The largest absolute Gasteiger partial charge is 0.377 e. The molecule has 0 aliphatic heterocycles. The van der Waals surface area contributed by atoms with Crippen LogP contribution in [0.4, 0.5) is 11.4 Å². The molecule has 31 heavy (non-hydrogen) atoms. The second-order valence-electron chi connectivity index (χ2n) is 8.43. The summed E-state index contributed by atoms with van der Waals surface area (Å²) in [6, 6.07) is 13.7. The molecule has 3 rings (SSSR count). The lowest BCUT2D eigenvalue weighted by atomic mass is 9.94. The Bertz CT molecular complexity index is 923. The number of hydrogen-bond donors (Lipinski definition) is 1. The number of amides is 2. The Hall–Kier alpha value is -2.47. The van der Waals surface area contributed by atoms with Gasteiger partial charge in [0.2, 0.25) is 5.91 Å². The number of aryl methyl sites for hydroxylation is 1. The van der Waals surface area contributed by atoms with Crippen LogP contribution in [-0.2, 0) is 4.79 Å². The van der Waals surface area contributed by atoms with Gasteiger partial charge >= 0.3 is 0 Å². The Morgan fingerprint density at radius 3 is 2.42 bits per heavy atom. The van der Waals surface area contributed by atoms with Crippen molar-refractivity contribution < 1.29 is 9.59 Å². The highest BCUT2D eigenvalue weighted by molar-refractivity contribution is 8.00. The van der Waals surface area contributed by atoms with Crippen molar-refractivity contribution in [1.82, 2.24) is 4.90 Å². The van der Waals surface area contributed by atoms with E-state index in [4.69, 9.17) is 0 Å². The van der Waals surface area contributed by atoms with E-state index < -0.39 is 0 Å². The number of benzene rings is 2. The molecule has 1 saturated carbocycles. The lowest BCUT2D eigenvalue weighted by Gasteiger charge is -2.31. The van der Waals surface area contributed by atoms with E-state index in [2.05, 4.69) is 5.32 Å². The first-order chi connectivity index (χ1) is 14.9. The molecule has 6 heteroatoms. The van der Waals surface area contributed by atoms with Gasteiger partial charge in [0, 0.05) is 43.5 Å². The normalized spacial score (nSPS) is 14.2. The molecule has 0 saturated heterocycles. The third kappa shape index (κ3) is 6.03. The molecule has 0 unspecified atom stereocenters. The SMILES string of the molecule is Cc1cc(NC(=O)c2ccccc2SCC(=O)N(C)C2CCCCC2)ccc1N(C)C. The predicted octanol–water partition coefficient (Wildman–Crippen LogP) is 5.20. The highest BCUT2D eigenvalue weighted by Crippen LogP contribution is 2.27. The summed E-state index contributed by atoms with van der Waals surface area (Å²) in [5, 5.41) is 3.00. The Morgan fingerprint density at radius 1 is 1.03 bits per heavy atom. The van der Waals surface area contributed by atoms with Crippen LogP contribution in [0.1, 0.15) is 48.0 Å². The van der Waals surface area contributed by atoms with Crippen LogP contribution in [0.2, 0.25) is 0 Å². The van der Waals surface area contributed by atoms with E-state index in [9.17, 15) is 9.59 Å². The molecule has 1 N–H and O–H groups in total. The maximum absolute atomic E-state index is 13.0. The van der Waals surface area contributed by atoms with E-state index >= 15 is 0 Å². The molecule has 1 aliphatic rings. The average molecular weight is 440 g/mol. The van der Waals surface area contributed by atoms with Crippen molar-refractivity contribution in [2.75, 3.05) is 37.1 Å². The van der Waals surface area contributed by atoms with E-state index in [1.165, 1.54) is 31.0 Å². The minimum atomic E-state index is -0.159. The quantitative estimate of drug-likeness (QED) is 0.603. The van der Waals surface area contributed by atoms with Gasteiger partial charge in [-0.3, -0.25) is 9.59 Å². The molecule has 5 nitrogen and oxygen atoms in total. The van der Waals surface area contributed by atoms with Crippen LogP contribution < -0.4 is 10.2 Å². The van der Waals surface area contributed by atoms with Crippen LogP contribution in [0, 0.1) is 6.92 Å². The summed E-state index contributed by atoms with van der Waals surface area (Å²) in [5.74, 6) is 0.309. The van der Waals surface area contributed by atoms with Gasteiger partial charge in [-0.15, -0.1) is 11.8 Å². The summed E-state index contributed by atoms with van der Waals surface area (Å²) in [7, 11) is 5.92. The van der Waals surface area contributed by atoms with Crippen molar-refractivity contribution in [2.24, 2.45) is 0 Å². The van der Waals surface area contributed by atoms with Gasteiger partial charge in [0.25, 0.3) is 5.91 Å². The van der Waals surface area contributed by atoms with Crippen molar-refractivity contribution in [2.45, 2.75) is 50.0 Å². The highest BCUT2D eigenvalue weighted by atomic mass is 32.2. The van der Waals surface area contributed by atoms with E-state index in [-0.39, 0.29) is 11.8 Å². The molecule has 1 aliphatic carbocycles. The number of rotatable bonds is 7. The van der Waals surface area contributed by atoms with Crippen LogP contribution >= 0.6 is 11.8 Å². The minimum Gasteiger partial charge on any atom is -0.377 e. The summed E-state index contributed by atoms with van der Waals surface area (Å²) < 4.78 is 0. The Morgan fingerprint density at radius 2 is 1.74 bits per heavy atom. The molecule has 0 radical (unpaired) electrons. The Balaban J connectivity index is 1.65. The molecular formula is C25H33N3O2S. The lowest BCUT2D eigenvalue weighted by molar-refractivity contribution is -0.129. The molecule has 2 amide bonds. The van der Waals surface area contributed by atoms with Crippen LogP contribution in [0.25, 0.3) is 0 Å². The zero-order chi connectivity index (χ0) is 22.4. The predicted molar refractivity (Wildman–Crippen MR) is 130 cm³/mol. The molecule has 0 atom stereocenters. The second-order valence-corrected chi connectivity index (χ2v) is 9.45. The molecule has 2 aromatic carbocycles. The van der Waals surface area contributed by atoms with E-state index in [1.54, 1.807) is 0 Å². The van der Waals surface area contributed by atoms with Gasteiger partial charge in [0.05, 0.1) is 11.3 Å². The van der Waals surface area contributed by atoms with Crippen molar-refractivity contribution >= 4 is 35.0 Å². The van der Waals surface area contributed by atoms with Crippen molar-refractivity contribution in [1.29, 1.82) is 0 Å². The first kappa shape index (κ1) is 23.2. The van der Waals surface area contributed by atoms with Gasteiger partial charge in [-0.05, 0) is 55.7 Å². The van der Waals surface area contributed by atoms with Crippen LogP contribution in [0.3, 0.4) is 0 Å².